The third-order valence-electron chi connectivity index (χ3n) is 7.56. The number of ether oxygens (including phenoxy) is 1. The van der Waals surface area contributed by atoms with Gasteiger partial charge < -0.3 is 4.74 Å². The van der Waals surface area contributed by atoms with Crippen molar-refractivity contribution < 1.29 is 9.53 Å². The highest BCUT2D eigenvalue weighted by Crippen LogP contribution is 2.12. The van der Waals surface area contributed by atoms with Crippen molar-refractivity contribution in [1.29, 1.82) is 0 Å². The Labute approximate surface area is 239 Å². The molecule has 0 aromatic rings. The second-order valence-corrected chi connectivity index (χ2v) is 11.5. The molecule has 0 rings (SSSR count). The minimum absolute atomic E-state index is 0.00961. The molecule has 2 heteroatoms. The van der Waals surface area contributed by atoms with Crippen LogP contribution < -0.4 is 0 Å². The maximum atomic E-state index is 11.9. The molecule has 0 unspecified atom stereocenters. The van der Waals surface area contributed by atoms with Crippen molar-refractivity contribution in [3.63, 3.8) is 0 Å². The molecular weight excluding hydrogens is 464 g/mol. The van der Waals surface area contributed by atoms with Crippen LogP contribution in [0.1, 0.15) is 194 Å². The van der Waals surface area contributed by atoms with Crippen molar-refractivity contribution in [3.05, 3.63) is 24.3 Å². The molecule has 0 radical (unpaired) electrons. The van der Waals surface area contributed by atoms with Crippen LogP contribution in [0, 0.1) is 0 Å². The van der Waals surface area contributed by atoms with Gasteiger partial charge in [-0.2, -0.15) is 0 Å². The fourth-order valence-electron chi connectivity index (χ4n) is 4.95. The second kappa shape index (κ2) is 34.0. The molecule has 0 aliphatic rings. The Morgan fingerprint density at radius 2 is 0.737 bits per heavy atom. The van der Waals surface area contributed by atoms with Crippen LogP contribution >= 0.6 is 0 Å². The Balaban J connectivity index is 3.23. The highest BCUT2D eigenvalue weighted by molar-refractivity contribution is 5.69. The van der Waals surface area contributed by atoms with Crippen LogP contribution in [0.3, 0.4) is 0 Å². The van der Waals surface area contributed by atoms with E-state index in [4.69, 9.17) is 4.74 Å². The van der Waals surface area contributed by atoms with Crippen LogP contribution in [0.25, 0.3) is 0 Å². The van der Waals surface area contributed by atoms with E-state index in [9.17, 15) is 4.79 Å². The summed E-state index contributed by atoms with van der Waals surface area (Å²) >= 11 is 0. The summed E-state index contributed by atoms with van der Waals surface area (Å²) in [4.78, 5) is 11.9. The third-order valence-corrected chi connectivity index (χ3v) is 7.56. The van der Waals surface area contributed by atoms with E-state index < -0.39 is 0 Å². The predicted molar refractivity (Wildman–Crippen MR) is 170 cm³/mol. The SMILES string of the molecule is CCCCCCCC/C=C\CCCCCCCC(=O)OCCCCCCCC/C=C/CCCCCCCC. The maximum absolute atomic E-state index is 11.9. The molecule has 0 fully saturated rings. The number of esters is 1. The van der Waals surface area contributed by atoms with E-state index in [0.717, 1.165) is 19.3 Å². The Bertz CT molecular complexity index is 507. The standard InChI is InChI=1S/C36H68O2/c1-3-5-7-9-11-13-15-17-19-21-23-25-27-29-31-33-35-38-36(37)34-32-30-28-26-24-22-20-18-16-14-12-10-8-6-4-2/h17-20H,3-16,21-35H2,1-2H3/b19-17+,20-18-. The molecule has 0 saturated carbocycles. The van der Waals surface area contributed by atoms with Gasteiger partial charge in [0.2, 0.25) is 0 Å². The molecule has 2 nitrogen and oxygen atoms in total. The number of hydrogen-bond acceptors (Lipinski definition) is 2. The first-order chi connectivity index (χ1) is 18.8. The minimum Gasteiger partial charge on any atom is -0.466 e. The van der Waals surface area contributed by atoms with E-state index in [0.29, 0.717) is 13.0 Å². The first-order valence-corrected chi connectivity index (χ1v) is 17.3. The summed E-state index contributed by atoms with van der Waals surface area (Å²) in [5.74, 6) is 0.00961. The van der Waals surface area contributed by atoms with Gasteiger partial charge in [0.15, 0.2) is 0 Å². The van der Waals surface area contributed by atoms with Gasteiger partial charge >= 0.3 is 5.97 Å². The van der Waals surface area contributed by atoms with Crippen LogP contribution in [0.5, 0.6) is 0 Å². The van der Waals surface area contributed by atoms with Gasteiger partial charge in [-0.1, -0.05) is 147 Å². The molecule has 224 valence electrons. The lowest BCUT2D eigenvalue weighted by atomic mass is 10.1. The van der Waals surface area contributed by atoms with E-state index in [1.54, 1.807) is 0 Å². The topological polar surface area (TPSA) is 26.3 Å². The molecule has 0 spiro atoms. The molecule has 0 aliphatic heterocycles. The quantitative estimate of drug-likeness (QED) is 0.0504. The lowest BCUT2D eigenvalue weighted by Crippen LogP contribution is -2.05. The predicted octanol–water partition coefficient (Wildman–Crippen LogP) is 12.6. The van der Waals surface area contributed by atoms with E-state index in [-0.39, 0.29) is 5.97 Å². The highest BCUT2D eigenvalue weighted by atomic mass is 16.5. The molecule has 0 aliphatic carbocycles. The first kappa shape index (κ1) is 37.0. The van der Waals surface area contributed by atoms with Gasteiger partial charge in [0.05, 0.1) is 6.61 Å². The second-order valence-electron chi connectivity index (χ2n) is 11.5. The summed E-state index contributed by atoms with van der Waals surface area (Å²) in [6, 6.07) is 0. The first-order valence-electron chi connectivity index (χ1n) is 17.3. The Morgan fingerprint density at radius 1 is 0.421 bits per heavy atom. The van der Waals surface area contributed by atoms with E-state index in [1.165, 1.54) is 154 Å². The summed E-state index contributed by atoms with van der Waals surface area (Å²) in [6.45, 7) is 5.17. The van der Waals surface area contributed by atoms with Crippen LogP contribution in [-0.2, 0) is 9.53 Å². The van der Waals surface area contributed by atoms with Crippen molar-refractivity contribution in [2.24, 2.45) is 0 Å². The number of unbranched alkanes of at least 4 members (excludes halogenated alkanes) is 23. The minimum atomic E-state index is 0.00961. The average molecular weight is 533 g/mol. The van der Waals surface area contributed by atoms with Crippen molar-refractivity contribution in [2.45, 2.75) is 194 Å². The van der Waals surface area contributed by atoms with E-state index >= 15 is 0 Å². The Morgan fingerprint density at radius 3 is 1.13 bits per heavy atom. The van der Waals surface area contributed by atoms with Crippen molar-refractivity contribution in [2.75, 3.05) is 6.61 Å². The van der Waals surface area contributed by atoms with Crippen molar-refractivity contribution >= 4 is 5.97 Å². The van der Waals surface area contributed by atoms with Crippen LogP contribution in [0.2, 0.25) is 0 Å². The van der Waals surface area contributed by atoms with Gasteiger partial charge in [0, 0.05) is 6.42 Å². The molecule has 0 bridgehead atoms. The number of carbonyl (C=O) groups excluding carboxylic acids is 1. The zero-order chi connectivity index (χ0) is 27.6. The Hall–Kier alpha value is -1.05. The van der Waals surface area contributed by atoms with Gasteiger partial charge in [-0.15, -0.1) is 0 Å². The summed E-state index contributed by atoms with van der Waals surface area (Å²) < 4.78 is 5.42. The van der Waals surface area contributed by atoms with Gasteiger partial charge in [0.1, 0.15) is 0 Å². The number of rotatable bonds is 31. The zero-order valence-corrected chi connectivity index (χ0v) is 26.1. The average Bonchev–Trinajstić information content (AvgIpc) is 2.92. The number of hydrogen-bond donors (Lipinski definition) is 0. The lowest BCUT2D eigenvalue weighted by molar-refractivity contribution is -0.143. The largest absolute Gasteiger partial charge is 0.466 e. The van der Waals surface area contributed by atoms with Crippen molar-refractivity contribution in [3.8, 4) is 0 Å². The van der Waals surface area contributed by atoms with Crippen LogP contribution in [-0.4, -0.2) is 12.6 Å². The highest BCUT2D eigenvalue weighted by Gasteiger charge is 2.02. The lowest BCUT2D eigenvalue weighted by Gasteiger charge is -2.05. The molecule has 0 saturated heterocycles. The van der Waals surface area contributed by atoms with Gasteiger partial charge in [-0.05, 0) is 64.2 Å². The molecular formula is C36H68O2. The summed E-state index contributed by atoms with van der Waals surface area (Å²) in [6.07, 6.45) is 45.2. The molecule has 0 aromatic heterocycles. The van der Waals surface area contributed by atoms with E-state index in [1.807, 2.05) is 0 Å². The Kier molecular flexibility index (Phi) is 33.0. The fourth-order valence-corrected chi connectivity index (χ4v) is 4.95. The number of carbonyl (C=O) groups is 1. The molecule has 0 atom stereocenters. The van der Waals surface area contributed by atoms with Crippen LogP contribution in [0.4, 0.5) is 0 Å². The summed E-state index contributed by atoms with van der Waals surface area (Å²) in [7, 11) is 0. The summed E-state index contributed by atoms with van der Waals surface area (Å²) in [5.41, 5.74) is 0. The van der Waals surface area contributed by atoms with Gasteiger partial charge in [0.25, 0.3) is 0 Å². The summed E-state index contributed by atoms with van der Waals surface area (Å²) in [5, 5.41) is 0. The molecule has 0 N–H and O–H groups in total. The molecule has 0 heterocycles. The van der Waals surface area contributed by atoms with Gasteiger partial charge in [-0.25, -0.2) is 0 Å². The third kappa shape index (κ3) is 33.0. The van der Waals surface area contributed by atoms with Crippen LogP contribution in [0.15, 0.2) is 24.3 Å². The fraction of sp³-hybridized carbons (Fsp3) is 0.861. The zero-order valence-electron chi connectivity index (χ0n) is 26.1. The number of allylic oxidation sites excluding steroid dienone is 4. The maximum Gasteiger partial charge on any atom is 0.305 e. The normalized spacial score (nSPS) is 11.7. The van der Waals surface area contributed by atoms with E-state index in [2.05, 4.69) is 38.2 Å². The molecule has 0 amide bonds. The van der Waals surface area contributed by atoms with Crippen molar-refractivity contribution in [1.82, 2.24) is 0 Å². The van der Waals surface area contributed by atoms with Gasteiger partial charge in [-0.3, -0.25) is 4.79 Å². The molecule has 38 heavy (non-hydrogen) atoms. The molecule has 0 aromatic carbocycles. The monoisotopic (exact) mass is 533 g/mol. The smallest absolute Gasteiger partial charge is 0.305 e.